The zero-order valence-corrected chi connectivity index (χ0v) is 11.9. The van der Waals surface area contributed by atoms with Crippen LogP contribution in [0.25, 0.3) is 0 Å². The van der Waals surface area contributed by atoms with Crippen LogP contribution in [0.5, 0.6) is 5.75 Å². The number of nitriles is 1. The van der Waals surface area contributed by atoms with E-state index < -0.39 is 0 Å². The summed E-state index contributed by atoms with van der Waals surface area (Å²) in [6.07, 6.45) is 1.78. The molecule has 0 aliphatic rings. The fourth-order valence-electron chi connectivity index (χ4n) is 2.05. The maximum absolute atomic E-state index is 8.91. The molecule has 1 aromatic heterocycles. The van der Waals surface area contributed by atoms with E-state index in [4.69, 9.17) is 14.5 Å². The first-order chi connectivity index (χ1) is 9.63. The number of hydrogen-bond donors (Lipinski definition) is 0. The fraction of sp³-hybridized carbons (Fsp3) is 0.400. The molecular weight excluding hydrogens is 254 g/mol. The van der Waals surface area contributed by atoms with E-state index in [-0.39, 0.29) is 6.61 Å². The van der Waals surface area contributed by atoms with E-state index in [1.165, 1.54) is 0 Å². The lowest BCUT2D eigenvalue weighted by Crippen LogP contribution is -2.00. The van der Waals surface area contributed by atoms with Crippen molar-refractivity contribution < 1.29 is 9.26 Å². The second kappa shape index (κ2) is 6.20. The van der Waals surface area contributed by atoms with Gasteiger partial charge < -0.3 is 9.26 Å². The SMILES string of the molecule is CCCc1noc(COc2c(C)cc(C#N)cc2C)n1. The van der Waals surface area contributed by atoms with Gasteiger partial charge in [-0.2, -0.15) is 10.2 Å². The molecule has 2 rings (SSSR count). The molecule has 5 nitrogen and oxygen atoms in total. The summed E-state index contributed by atoms with van der Waals surface area (Å²) in [5.74, 6) is 1.94. The lowest BCUT2D eigenvalue weighted by atomic mass is 10.1. The molecule has 5 heteroatoms. The van der Waals surface area contributed by atoms with E-state index in [0.29, 0.717) is 17.3 Å². The minimum atomic E-state index is 0.240. The summed E-state index contributed by atoms with van der Waals surface area (Å²) < 4.78 is 10.9. The number of ether oxygens (including phenoxy) is 1. The largest absolute Gasteiger partial charge is 0.483 e. The number of benzene rings is 1. The minimum Gasteiger partial charge on any atom is -0.483 e. The van der Waals surface area contributed by atoms with Crippen molar-refractivity contribution in [2.24, 2.45) is 0 Å². The highest BCUT2D eigenvalue weighted by molar-refractivity contribution is 5.47. The highest BCUT2D eigenvalue weighted by Gasteiger charge is 2.10. The van der Waals surface area contributed by atoms with Gasteiger partial charge in [0.05, 0.1) is 11.6 Å². The van der Waals surface area contributed by atoms with Gasteiger partial charge >= 0.3 is 0 Å². The third kappa shape index (κ3) is 3.15. The molecule has 0 N–H and O–H groups in total. The normalized spacial score (nSPS) is 10.3. The summed E-state index contributed by atoms with van der Waals surface area (Å²) >= 11 is 0. The average molecular weight is 271 g/mol. The van der Waals surface area contributed by atoms with E-state index in [2.05, 4.69) is 23.1 Å². The number of rotatable bonds is 5. The Labute approximate surface area is 118 Å². The molecule has 1 heterocycles. The van der Waals surface area contributed by atoms with Crippen molar-refractivity contribution in [2.75, 3.05) is 0 Å². The molecule has 0 saturated carbocycles. The molecule has 0 saturated heterocycles. The molecule has 0 fully saturated rings. The molecule has 1 aromatic carbocycles. The van der Waals surface area contributed by atoms with Crippen LogP contribution in [0.2, 0.25) is 0 Å². The summed E-state index contributed by atoms with van der Waals surface area (Å²) in [6, 6.07) is 5.74. The van der Waals surface area contributed by atoms with Crippen molar-refractivity contribution in [3.63, 3.8) is 0 Å². The van der Waals surface area contributed by atoms with E-state index in [1.807, 2.05) is 13.8 Å². The van der Waals surface area contributed by atoms with Gasteiger partial charge in [-0.3, -0.25) is 0 Å². The summed E-state index contributed by atoms with van der Waals surface area (Å²) in [5.41, 5.74) is 2.49. The lowest BCUT2D eigenvalue weighted by Gasteiger charge is -2.10. The standard InChI is InChI=1S/C15H17N3O2/c1-4-5-13-17-14(20-18-13)9-19-15-10(2)6-12(8-16)7-11(15)3/h6-7H,4-5,9H2,1-3H3. The van der Waals surface area contributed by atoms with Gasteiger partial charge in [-0.15, -0.1) is 0 Å². The van der Waals surface area contributed by atoms with Crippen LogP contribution in [-0.4, -0.2) is 10.1 Å². The molecule has 0 bridgehead atoms. The molecule has 2 aromatic rings. The topological polar surface area (TPSA) is 71.9 Å². The number of aryl methyl sites for hydroxylation is 3. The van der Waals surface area contributed by atoms with Crippen molar-refractivity contribution in [1.82, 2.24) is 10.1 Å². The summed E-state index contributed by atoms with van der Waals surface area (Å²) in [6.45, 7) is 6.14. The van der Waals surface area contributed by atoms with E-state index >= 15 is 0 Å². The summed E-state index contributed by atoms with van der Waals surface area (Å²) in [7, 11) is 0. The molecule has 0 aliphatic carbocycles. The zero-order valence-electron chi connectivity index (χ0n) is 11.9. The predicted molar refractivity (Wildman–Crippen MR) is 73.3 cm³/mol. The Bertz CT molecular complexity index is 618. The third-order valence-electron chi connectivity index (χ3n) is 2.91. The molecule has 0 unspecified atom stereocenters. The van der Waals surface area contributed by atoms with Crippen LogP contribution in [0, 0.1) is 25.2 Å². The Morgan fingerprint density at radius 2 is 2.00 bits per heavy atom. The highest BCUT2D eigenvalue weighted by atomic mass is 16.5. The first-order valence-electron chi connectivity index (χ1n) is 6.59. The predicted octanol–water partition coefficient (Wildman–Crippen LogP) is 3.09. The monoisotopic (exact) mass is 271 g/mol. The molecule has 0 amide bonds. The van der Waals surface area contributed by atoms with Crippen molar-refractivity contribution in [2.45, 2.75) is 40.2 Å². The number of hydrogen-bond acceptors (Lipinski definition) is 5. The number of aromatic nitrogens is 2. The quantitative estimate of drug-likeness (QED) is 0.835. The van der Waals surface area contributed by atoms with Gasteiger partial charge in [0, 0.05) is 6.42 Å². The fourth-order valence-corrected chi connectivity index (χ4v) is 2.05. The van der Waals surface area contributed by atoms with E-state index in [9.17, 15) is 0 Å². The Hall–Kier alpha value is -2.35. The van der Waals surface area contributed by atoms with Crippen LogP contribution in [0.1, 0.15) is 41.8 Å². The van der Waals surface area contributed by atoms with Gasteiger partial charge in [0.25, 0.3) is 5.89 Å². The molecule has 0 atom stereocenters. The average Bonchev–Trinajstić information content (AvgIpc) is 2.85. The van der Waals surface area contributed by atoms with Crippen molar-refractivity contribution >= 4 is 0 Å². The van der Waals surface area contributed by atoms with Gasteiger partial charge in [-0.25, -0.2) is 0 Å². The summed E-state index contributed by atoms with van der Waals surface area (Å²) in [4.78, 5) is 4.25. The Kier molecular flexibility index (Phi) is 4.36. The van der Waals surface area contributed by atoms with Crippen LogP contribution in [0.15, 0.2) is 16.7 Å². The first kappa shape index (κ1) is 14.1. The molecule has 20 heavy (non-hydrogen) atoms. The van der Waals surface area contributed by atoms with E-state index in [1.54, 1.807) is 12.1 Å². The summed E-state index contributed by atoms with van der Waals surface area (Å²) in [5, 5.41) is 12.8. The molecule has 0 radical (unpaired) electrons. The smallest absolute Gasteiger partial charge is 0.264 e. The van der Waals surface area contributed by atoms with Gasteiger partial charge in [-0.05, 0) is 43.5 Å². The van der Waals surface area contributed by atoms with Crippen molar-refractivity contribution in [1.29, 1.82) is 5.26 Å². The molecule has 0 aliphatic heterocycles. The van der Waals surface area contributed by atoms with Crippen LogP contribution in [0.3, 0.4) is 0 Å². The number of nitrogens with zero attached hydrogens (tertiary/aromatic N) is 3. The maximum Gasteiger partial charge on any atom is 0.264 e. The van der Waals surface area contributed by atoms with Crippen LogP contribution < -0.4 is 4.74 Å². The second-order valence-corrected chi connectivity index (χ2v) is 4.69. The first-order valence-corrected chi connectivity index (χ1v) is 6.59. The van der Waals surface area contributed by atoms with Crippen LogP contribution >= 0.6 is 0 Å². The van der Waals surface area contributed by atoms with E-state index in [0.717, 1.165) is 29.7 Å². The van der Waals surface area contributed by atoms with Gasteiger partial charge in [0.2, 0.25) is 0 Å². The third-order valence-corrected chi connectivity index (χ3v) is 2.91. The van der Waals surface area contributed by atoms with Gasteiger partial charge in [-0.1, -0.05) is 12.1 Å². The van der Waals surface area contributed by atoms with Crippen LogP contribution in [0.4, 0.5) is 0 Å². The highest BCUT2D eigenvalue weighted by Crippen LogP contribution is 2.25. The minimum absolute atomic E-state index is 0.240. The maximum atomic E-state index is 8.91. The zero-order chi connectivity index (χ0) is 14.5. The van der Waals surface area contributed by atoms with Gasteiger partial charge in [0.1, 0.15) is 5.75 Å². The Balaban J connectivity index is 2.09. The molecule has 104 valence electrons. The van der Waals surface area contributed by atoms with Crippen molar-refractivity contribution in [3.05, 3.63) is 40.5 Å². The van der Waals surface area contributed by atoms with Crippen LogP contribution in [-0.2, 0) is 13.0 Å². The van der Waals surface area contributed by atoms with Crippen molar-refractivity contribution in [3.8, 4) is 11.8 Å². The Morgan fingerprint density at radius 1 is 1.30 bits per heavy atom. The molecular formula is C15H17N3O2. The van der Waals surface area contributed by atoms with Gasteiger partial charge in [0.15, 0.2) is 12.4 Å². The molecule has 0 spiro atoms. The Morgan fingerprint density at radius 3 is 2.60 bits per heavy atom. The second-order valence-electron chi connectivity index (χ2n) is 4.69. The lowest BCUT2D eigenvalue weighted by molar-refractivity contribution is 0.240.